The SMILES string of the molecule is CCCNC(=O)NC(C(=O)N[C@H]1C(=O)N2C(C(=O)O)=C(CSc3nnnn3C)CSC12)c1ccccc1. The third kappa shape index (κ3) is 5.72. The quantitative estimate of drug-likeness (QED) is 0.243. The number of hydrogen-bond donors (Lipinski definition) is 4. The zero-order valence-corrected chi connectivity index (χ0v) is 21.7. The van der Waals surface area contributed by atoms with E-state index >= 15 is 0 Å². The first kappa shape index (κ1) is 26.5. The molecule has 13 nitrogen and oxygen atoms in total. The first-order chi connectivity index (χ1) is 17.8. The molecule has 4 amide bonds. The van der Waals surface area contributed by atoms with Gasteiger partial charge in [0.25, 0.3) is 5.91 Å². The molecule has 0 saturated carbocycles. The molecule has 1 aromatic heterocycles. The summed E-state index contributed by atoms with van der Waals surface area (Å²) in [5, 5.41) is 29.1. The van der Waals surface area contributed by atoms with Crippen LogP contribution >= 0.6 is 23.5 Å². The number of thioether (sulfide) groups is 2. The fourth-order valence-corrected chi connectivity index (χ4v) is 6.23. The summed E-state index contributed by atoms with van der Waals surface area (Å²) in [4.78, 5) is 51.9. The van der Waals surface area contributed by atoms with Crippen molar-refractivity contribution in [3.05, 3.63) is 47.2 Å². The van der Waals surface area contributed by atoms with Gasteiger partial charge in [-0.1, -0.05) is 49.0 Å². The molecule has 4 N–H and O–H groups in total. The topological polar surface area (TPSA) is 171 Å². The fraction of sp³-hybridized carbons (Fsp3) is 0.409. The fourth-order valence-electron chi connectivity index (χ4n) is 3.89. The van der Waals surface area contributed by atoms with Crippen molar-refractivity contribution in [2.45, 2.75) is 36.0 Å². The number of carboxylic acid groups (broad SMARTS) is 1. The van der Waals surface area contributed by atoms with Gasteiger partial charge < -0.3 is 21.1 Å². The van der Waals surface area contributed by atoms with Crippen molar-refractivity contribution in [3.8, 4) is 0 Å². The van der Waals surface area contributed by atoms with Crippen LogP contribution in [0.5, 0.6) is 0 Å². The second kappa shape index (κ2) is 11.6. The minimum Gasteiger partial charge on any atom is -0.477 e. The second-order valence-electron chi connectivity index (χ2n) is 8.27. The molecular weight excluding hydrogens is 520 g/mol. The van der Waals surface area contributed by atoms with Gasteiger partial charge in [-0.05, 0) is 28.0 Å². The molecule has 2 aromatic rings. The van der Waals surface area contributed by atoms with Gasteiger partial charge in [0, 0.05) is 25.1 Å². The van der Waals surface area contributed by atoms with Crippen LogP contribution < -0.4 is 16.0 Å². The van der Waals surface area contributed by atoms with Gasteiger partial charge in [0.15, 0.2) is 0 Å². The number of nitrogens with zero attached hydrogens (tertiary/aromatic N) is 5. The van der Waals surface area contributed by atoms with Crippen LogP contribution in [-0.2, 0) is 21.4 Å². The van der Waals surface area contributed by atoms with Crippen molar-refractivity contribution >= 4 is 47.3 Å². The van der Waals surface area contributed by atoms with Crippen molar-refractivity contribution in [3.63, 3.8) is 0 Å². The van der Waals surface area contributed by atoms with Gasteiger partial charge in [0.2, 0.25) is 11.1 Å². The van der Waals surface area contributed by atoms with E-state index in [0.717, 1.165) is 6.42 Å². The number of fused-ring (bicyclic) bond motifs is 1. The molecule has 1 saturated heterocycles. The molecule has 37 heavy (non-hydrogen) atoms. The number of hydrogen-bond acceptors (Lipinski definition) is 9. The highest BCUT2D eigenvalue weighted by Crippen LogP contribution is 2.41. The maximum absolute atomic E-state index is 13.2. The average molecular weight is 547 g/mol. The molecule has 4 rings (SSSR count). The average Bonchev–Trinajstić information content (AvgIpc) is 3.31. The van der Waals surface area contributed by atoms with Crippen molar-refractivity contribution in [1.82, 2.24) is 41.1 Å². The van der Waals surface area contributed by atoms with E-state index in [9.17, 15) is 24.3 Å². The smallest absolute Gasteiger partial charge is 0.352 e. The highest BCUT2D eigenvalue weighted by Gasteiger charge is 2.54. The van der Waals surface area contributed by atoms with Crippen LogP contribution in [0.1, 0.15) is 24.9 Å². The lowest BCUT2D eigenvalue weighted by Crippen LogP contribution is -2.71. The molecule has 1 fully saturated rings. The number of carbonyl (C=O) groups excluding carboxylic acids is 3. The lowest BCUT2D eigenvalue weighted by Gasteiger charge is -2.49. The van der Waals surface area contributed by atoms with Crippen molar-refractivity contribution in [2.75, 3.05) is 18.1 Å². The van der Waals surface area contributed by atoms with Gasteiger partial charge in [-0.2, -0.15) is 0 Å². The van der Waals surface area contributed by atoms with Gasteiger partial charge in [0.05, 0.1) is 0 Å². The van der Waals surface area contributed by atoms with Crippen LogP contribution in [0, 0.1) is 0 Å². The Morgan fingerprint density at radius 1 is 1.27 bits per heavy atom. The summed E-state index contributed by atoms with van der Waals surface area (Å²) in [5.41, 5.74) is 1.03. The monoisotopic (exact) mass is 546 g/mol. The van der Waals surface area contributed by atoms with Gasteiger partial charge in [-0.3, -0.25) is 14.5 Å². The normalized spacial score (nSPS) is 19.5. The molecular formula is C22H26N8O5S2. The van der Waals surface area contributed by atoms with Crippen LogP contribution in [-0.4, -0.2) is 83.5 Å². The molecule has 196 valence electrons. The van der Waals surface area contributed by atoms with Crippen molar-refractivity contribution in [2.24, 2.45) is 7.05 Å². The first-order valence-electron chi connectivity index (χ1n) is 11.5. The zero-order valence-electron chi connectivity index (χ0n) is 20.1. The van der Waals surface area contributed by atoms with E-state index in [0.29, 0.717) is 34.3 Å². The summed E-state index contributed by atoms with van der Waals surface area (Å²) in [7, 11) is 1.68. The summed E-state index contributed by atoms with van der Waals surface area (Å²) in [6, 6.07) is 6.23. The van der Waals surface area contributed by atoms with Gasteiger partial charge in [-0.25, -0.2) is 14.3 Å². The maximum Gasteiger partial charge on any atom is 0.352 e. The van der Waals surface area contributed by atoms with E-state index < -0.39 is 41.3 Å². The number of aliphatic carboxylic acids is 1. The lowest BCUT2D eigenvalue weighted by molar-refractivity contribution is -0.151. The minimum atomic E-state index is -1.22. The summed E-state index contributed by atoms with van der Waals surface area (Å²) >= 11 is 2.64. The van der Waals surface area contributed by atoms with E-state index in [4.69, 9.17) is 0 Å². The number of benzene rings is 1. The highest BCUT2D eigenvalue weighted by atomic mass is 32.2. The molecule has 2 aliphatic rings. The van der Waals surface area contributed by atoms with Gasteiger partial charge in [0.1, 0.15) is 23.2 Å². The Kier molecular flexibility index (Phi) is 8.33. The predicted molar refractivity (Wildman–Crippen MR) is 135 cm³/mol. The predicted octanol–water partition coefficient (Wildman–Crippen LogP) is 0.491. The summed E-state index contributed by atoms with van der Waals surface area (Å²) < 4.78 is 1.48. The van der Waals surface area contributed by atoms with E-state index in [2.05, 4.69) is 31.5 Å². The van der Waals surface area contributed by atoms with Gasteiger partial charge >= 0.3 is 12.0 Å². The number of aryl methyl sites for hydroxylation is 1. The van der Waals surface area contributed by atoms with E-state index in [1.165, 1.54) is 33.1 Å². The van der Waals surface area contributed by atoms with Crippen LogP contribution in [0.2, 0.25) is 0 Å². The molecule has 0 aliphatic carbocycles. The molecule has 0 radical (unpaired) electrons. The van der Waals surface area contributed by atoms with E-state index in [1.54, 1.807) is 37.4 Å². The molecule has 3 heterocycles. The number of aromatic nitrogens is 4. The Bertz CT molecular complexity index is 1220. The lowest BCUT2D eigenvalue weighted by atomic mass is 10.0. The highest BCUT2D eigenvalue weighted by molar-refractivity contribution is 8.01. The summed E-state index contributed by atoms with van der Waals surface area (Å²) in [5.74, 6) is -1.64. The zero-order chi connectivity index (χ0) is 26.5. The standard InChI is InChI=1S/C22H26N8O5S2/c1-3-9-23-21(35)25-14(12-7-5-4-6-8-12)17(31)24-15-18(32)30-16(20(33)34)13(10-36-19(15)30)11-37-22-26-27-28-29(22)2/h4-8,14-15,19H,3,9-11H2,1-2H3,(H,24,31)(H,33,34)(H2,23,25,35)/t14?,15-,19?/m0/s1. The molecule has 0 bridgehead atoms. The Hall–Kier alpha value is -3.59. The number of carboxylic acids is 1. The van der Waals surface area contributed by atoms with E-state index in [1.807, 2.05) is 6.92 Å². The molecule has 1 aromatic carbocycles. The van der Waals surface area contributed by atoms with Crippen LogP contribution in [0.3, 0.4) is 0 Å². The maximum atomic E-state index is 13.2. The molecule has 2 aliphatic heterocycles. The molecule has 2 unspecified atom stereocenters. The number of carbonyl (C=O) groups is 4. The molecule has 0 spiro atoms. The van der Waals surface area contributed by atoms with Crippen molar-refractivity contribution < 1.29 is 24.3 Å². The Morgan fingerprint density at radius 3 is 2.68 bits per heavy atom. The second-order valence-corrected chi connectivity index (χ2v) is 10.3. The van der Waals surface area contributed by atoms with Gasteiger partial charge in [-0.15, -0.1) is 16.9 Å². The number of nitrogens with one attached hydrogen (secondary N) is 3. The minimum absolute atomic E-state index is 0.0847. The summed E-state index contributed by atoms with van der Waals surface area (Å²) in [6.07, 6.45) is 0.732. The Balaban J connectivity index is 1.47. The third-order valence-corrected chi connectivity index (χ3v) is 8.15. The molecule has 3 atom stereocenters. The number of urea groups is 1. The number of amides is 4. The van der Waals surface area contributed by atoms with Crippen LogP contribution in [0.25, 0.3) is 0 Å². The molecule has 15 heteroatoms. The van der Waals surface area contributed by atoms with E-state index in [-0.39, 0.29) is 5.70 Å². The largest absolute Gasteiger partial charge is 0.477 e. The number of tetrazole rings is 1. The Labute approximate surface area is 220 Å². The van der Waals surface area contributed by atoms with Crippen LogP contribution in [0.15, 0.2) is 46.8 Å². The third-order valence-electron chi connectivity index (χ3n) is 5.71. The number of β-lactam (4-membered cyclic amide) rings is 1. The summed E-state index contributed by atoms with van der Waals surface area (Å²) in [6.45, 7) is 2.36. The van der Waals surface area contributed by atoms with Crippen LogP contribution in [0.4, 0.5) is 4.79 Å². The van der Waals surface area contributed by atoms with Crippen molar-refractivity contribution in [1.29, 1.82) is 0 Å². The number of rotatable bonds is 10. The Morgan fingerprint density at radius 2 is 2.03 bits per heavy atom. The first-order valence-corrected chi connectivity index (χ1v) is 13.5.